The third-order valence-corrected chi connectivity index (χ3v) is 4.44. The Balaban J connectivity index is 2.18. The van der Waals surface area contributed by atoms with Crippen molar-refractivity contribution >= 4 is 49.4 Å². The van der Waals surface area contributed by atoms with Gasteiger partial charge in [0, 0.05) is 22.0 Å². The highest BCUT2D eigenvalue weighted by Crippen LogP contribution is 2.24. The van der Waals surface area contributed by atoms with Gasteiger partial charge in [-0.1, -0.05) is 15.9 Å². The summed E-state index contributed by atoms with van der Waals surface area (Å²) < 4.78 is 7.38. The standard InChI is InChI=1S/C13H14Br2ClNO2/c1-8-6-17(7-10(5-16)19-8)13(18)11-3-2-9(14)4-12(11)15/h2-4,8,10H,5-7H2,1H3. The van der Waals surface area contributed by atoms with Crippen molar-refractivity contribution in [2.45, 2.75) is 19.1 Å². The van der Waals surface area contributed by atoms with E-state index in [2.05, 4.69) is 31.9 Å². The molecule has 2 rings (SSSR count). The number of carbonyl (C=O) groups is 1. The zero-order valence-electron chi connectivity index (χ0n) is 10.4. The summed E-state index contributed by atoms with van der Waals surface area (Å²) >= 11 is 12.6. The maximum absolute atomic E-state index is 12.5. The van der Waals surface area contributed by atoms with Crippen molar-refractivity contribution in [1.82, 2.24) is 4.90 Å². The van der Waals surface area contributed by atoms with Gasteiger partial charge in [0.25, 0.3) is 5.91 Å². The first-order valence-electron chi connectivity index (χ1n) is 5.97. The van der Waals surface area contributed by atoms with Gasteiger partial charge in [-0.2, -0.15) is 0 Å². The minimum Gasteiger partial charge on any atom is -0.370 e. The number of alkyl halides is 1. The molecular formula is C13H14Br2ClNO2. The van der Waals surface area contributed by atoms with Crippen LogP contribution in [0.5, 0.6) is 0 Å². The molecule has 2 atom stereocenters. The predicted molar refractivity (Wildman–Crippen MR) is 82.8 cm³/mol. The van der Waals surface area contributed by atoms with Crippen molar-refractivity contribution in [2.24, 2.45) is 0 Å². The van der Waals surface area contributed by atoms with E-state index in [1.54, 1.807) is 4.90 Å². The summed E-state index contributed by atoms with van der Waals surface area (Å²) in [5.74, 6) is 0.403. The summed E-state index contributed by atoms with van der Waals surface area (Å²) in [7, 11) is 0. The number of nitrogens with zero attached hydrogens (tertiary/aromatic N) is 1. The summed E-state index contributed by atoms with van der Waals surface area (Å²) in [6, 6.07) is 5.55. The van der Waals surface area contributed by atoms with Gasteiger partial charge in [0.15, 0.2) is 0 Å². The van der Waals surface area contributed by atoms with Crippen LogP contribution in [0, 0.1) is 0 Å². The summed E-state index contributed by atoms with van der Waals surface area (Å²) in [5.41, 5.74) is 0.658. The third-order valence-electron chi connectivity index (χ3n) is 2.95. The number of rotatable bonds is 2. The molecule has 19 heavy (non-hydrogen) atoms. The lowest BCUT2D eigenvalue weighted by Crippen LogP contribution is -2.49. The maximum Gasteiger partial charge on any atom is 0.255 e. The summed E-state index contributed by atoms with van der Waals surface area (Å²) in [4.78, 5) is 14.3. The molecule has 0 bridgehead atoms. The second kappa shape index (κ2) is 6.57. The van der Waals surface area contributed by atoms with E-state index in [-0.39, 0.29) is 18.1 Å². The van der Waals surface area contributed by atoms with Crippen LogP contribution in [0.1, 0.15) is 17.3 Å². The fourth-order valence-electron chi connectivity index (χ4n) is 2.13. The SMILES string of the molecule is CC1CN(C(=O)c2ccc(Br)cc2Br)CC(CCl)O1. The van der Waals surface area contributed by atoms with E-state index in [1.165, 1.54) is 0 Å². The Morgan fingerprint density at radius 2 is 2.21 bits per heavy atom. The molecule has 1 aromatic carbocycles. The van der Waals surface area contributed by atoms with E-state index < -0.39 is 0 Å². The van der Waals surface area contributed by atoms with E-state index in [9.17, 15) is 4.79 Å². The van der Waals surface area contributed by atoms with Gasteiger partial charge in [0.05, 0.1) is 23.7 Å². The monoisotopic (exact) mass is 409 g/mol. The fraction of sp³-hybridized carbons (Fsp3) is 0.462. The lowest BCUT2D eigenvalue weighted by molar-refractivity contribution is -0.0570. The van der Waals surface area contributed by atoms with Crippen molar-refractivity contribution < 1.29 is 9.53 Å². The van der Waals surface area contributed by atoms with E-state index >= 15 is 0 Å². The molecule has 1 amide bonds. The molecule has 1 fully saturated rings. The first-order valence-corrected chi connectivity index (χ1v) is 8.09. The molecule has 1 heterocycles. The zero-order chi connectivity index (χ0) is 14.0. The average molecular weight is 412 g/mol. The van der Waals surface area contributed by atoms with Crippen molar-refractivity contribution in [3.8, 4) is 0 Å². The van der Waals surface area contributed by atoms with Crippen LogP contribution in [0.25, 0.3) is 0 Å². The van der Waals surface area contributed by atoms with Gasteiger partial charge in [0.2, 0.25) is 0 Å². The minimum absolute atomic E-state index is 0.00430. The molecule has 3 nitrogen and oxygen atoms in total. The molecule has 1 saturated heterocycles. The van der Waals surface area contributed by atoms with Crippen molar-refractivity contribution in [1.29, 1.82) is 0 Å². The highest BCUT2D eigenvalue weighted by molar-refractivity contribution is 9.11. The molecule has 0 aromatic heterocycles. The maximum atomic E-state index is 12.5. The molecule has 2 unspecified atom stereocenters. The molecule has 1 aliphatic heterocycles. The average Bonchev–Trinajstić information content (AvgIpc) is 2.37. The molecule has 6 heteroatoms. The predicted octanol–water partition coefficient (Wildman–Crippen LogP) is 3.68. The van der Waals surface area contributed by atoms with Gasteiger partial charge in [-0.25, -0.2) is 0 Å². The summed E-state index contributed by atoms with van der Waals surface area (Å²) in [5, 5.41) is 0. The van der Waals surface area contributed by atoms with Crippen LogP contribution >= 0.6 is 43.5 Å². The highest BCUT2D eigenvalue weighted by atomic mass is 79.9. The number of hydrogen-bond acceptors (Lipinski definition) is 2. The number of carbonyl (C=O) groups excluding carboxylic acids is 1. The molecule has 0 aliphatic carbocycles. The third kappa shape index (κ3) is 3.72. The van der Waals surface area contributed by atoms with Gasteiger partial charge in [-0.15, -0.1) is 11.6 Å². The summed E-state index contributed by atoms with van der Waals surface area (Å²) in [6.07, 6.45) is -0.0840. The number of benzene rings is 1. The van der Waals surface area contributed by atoms with Crippen LogP contribution in [0.2, 0.25) is 0 Å². The normalized spacial score (nSPS) is 23.5. The first kappa shape index (κ1) is 15.3. The highest BCUT2D eigenvalue weighted by Gasteiger charge is 2.29. The second-order valence-electron chi connectivity index (χ2n) is 4.56. The lowest BCUT2D eigenvalue weighted by Gasteiger charge is -2.36. The molecule has 0 radical (unpaired) electrons. The van der Waals surface area contributed by atoms with Crippen LogP contribution in [0.15, 0.2) is 27.1 Å². The van der Waals surface area contributed by atoms with E-state index in [0.717, 1.165) is 8.95 Å². The molecule has 0 N–H and O–H groups in total. The summed E-state index contributed by atoms with van der Waals surface area (Å²) in [6.45, 7) is 3.08. The quantitative estimate of drug-likeness (QED) is 0.695. The van der Waals surface area contributed by atoms with Gasteiger partial charge in [0.1, 0.15) is 0 Å². The molecule has 0 saturated carbocycles. The Kier molecular flexibility index (Phi) is 5.29. The van der Waals surface area contributed by atoms with Crippen LogP contribution in [-0.4, -0.2) is 42.0 Å². The number of morpholine rings is 1. The van der Waals surface area contributed by atoms with Gasteiger partial charge in [-0.05, 0) is 41.1 Å². The number of ether oxygens (including phenoxy) is 1. The number of hydrogen-bond donors (Lipinski definition) is 0. The Bertz CT molecular complexity index is 484. The smallest absolute Gasteiger partial charge is 0.255 e. The molecule has 1 aliphatic rings. The Morgan fingerprint density at radius 1 is 1.47 bits per heavy atom. The number of amides is 1. The Labute approximate surface area is 134 Å². The van der Waals surface area contributed by atoms with Crippen LogP contribution in [0.3, 0.4) is 0 Å². The zero-order valence-corrected chi connectivity index (χ0v) is 14.3. The van der Waals surface area contributed by atoms with Crippen molar-refractivity contribution in [3.63, 3.8) is 0 Å². The van der Waals surface area contributed by atoms with E-state index in [4.69, 9.17) is 16.3 Å². The van der Waals surface area contributed by atoms with E-state index in [1.807, 2.05) is 25.1 Å². The van der Waals surface area contributed by atoms with Crippen molar-refractivity contribution in [3.05, 3.63) is 32.7 Å². The van der Waals surface area contributed by atoms with Crippen LogP contribution < -0.4 is 0 Å². The van der Waals surface area contributed by atoms with Crippen LogP contribution in [0.4, 0.5) is 0 Å². The van der Waals surface area contributed by atoms with Gasteiger partial charge >= 0.3 is 0 Å². The fourth-order valence-corrected chi connectivity index (χ4v) is 3.52. The second-order valence-corrected chi connectivity index (χ2v) is 6.64. The topological polar surface area (TPSA) is 29.5 Å². The van der Waals surface area contributed by atoms with E-state index in [0.29, 0.717) is 24.5 Å². The van der Waals surface area contributed by atoms with Gasteiger partial charge in [-0.3, -0.25) is 4.79 Å². The van der Waals surface area contributed by atoms with Crippen molar-refractivity contribution in [2.75, 3.05) is 19.0 Å². The minimum atomic E-state index is -0.0939. The Hall–Kier alpha value is -0.100. The van der Waals surface area contributed by atoms with Crippen LogP contribution in [-0.2, 0) is 4.74 Å². The first-order chi connectivity index (χ1) is 9.01. The molecule has 104 valence electrons. The molecule has 0 spiro atoms. The molecule has 1 aromatic rings. The largest absolute Gasteiger partial charge is 0.370 e. The van der Waals surface area contributed by atoms with Gasteiger partial charge < -0.3 is 9.64 Å². The lowest BCUT2D eigenvalue weighted by atomic mass is 10.1. The number of halogens is 3. The Morgan fingerprint density at radius 3 is 2.84 bits per heavy atom. The molecular weight excluding hydrogens is 397 g/mol.